The lowest BCUT2D eigenvalue weighted by molar-refractivity contribution is -0.116. The van der Waals surface area contributed by atoms with Gasteiger partial charge in [-0.05, 0) is 30.3 Å². The van der Waals surface area contributed by atoms with Gasteiger partial charge >= 0.3 is 0 Å². The third kappa shape index (κ3) is 3.02. The molecule has 0 fully saturated rings. The number of hydrazine groups is 1. The van der Waals surface area contributed by atoms with E-state index in [1.165, 1.54) is 12.1 Å². The number of rotatable bonds is 5. The standard InChI is InChI=1S/C11H13N5O3S/c12-10(17)6-14-20(18,19)8-2-3-9-7(5-8)1-4-11(15-9)16-13/h1-5,14H,6,13H2,(H2,12,17)(H,15,16). The van der Waals surface area contributed by atoms with Crippen LogP contribution in [0.25, 0.3) is 10.9 Å². The van der Waals surface area contributed by atoms with Crippen molar-refractivity contribution >= 4 is 32.7 Å². The Labute approximate surface area is 115 Å². The van der Waals surface area contributed by atoms with Crippen LogP contribution in [0.15, 0.2) is 35.2 Å². The van der Waals surface area contributed by atoms with Gasteiger partial charge in [-0.15, -0.1) is 0 Å². The number of hydrogen-bond donors (Lipinski definition) is 4. The van der Waals surface area contributed by atoms with Gasteiger partial charge < -0.3 is 11.2 Å². The van der Waals surface area contributed by atoms with E-state index in [9.17, 15) is 13.2 Å². The van der Waals surface area contributed by atoms with Gasteiger partial charge in [0.1, 0.15) is 5.82 Å². The lowest BCUT2D eigenvalue weighted by Crippen LogP contribution is -2.33. The van der Waals surface area contributed by atoms with Gasteiger partial charge in [0, 0.05) is 5.39 Å². The largest absolute Gasteiger partial charge is 0.369 e. The number of benzene rings is 1. The second-order valence-corrected chi connectivity index (χ2v) is 5.75. The molecule has 6 N–H and O–H groups in total. The molecule has 2 rings (SSSR count). The molecule has 1 aromatic carbocycles. The fourth-order valence-electron chi connectivity index (χ4n) is 1.60. The van der Waals surface area contributed by atoms with Crippen molar-refractivity contribution in [2.24, 2.45) is 11.6 Å². The number of hydrogen-bond acceptors (Lipinski definition) is 6. The van der Waals surface area contributed by atoms with E-state index in [0.717, 1.165) is 0 Å². The lowest BCUT2D eigenvalue weighted by atomic mass is 10.2. The Morgan fingerprint density at radius 2 is 2.00 bits per heavy atom. The van der Waals surface area contributed by atoms with Crippen LogP contribution in [-0.4, -0.2) is 25.9 Å². The van der Waals surface area contributed by atoms with Crippen molar-refractivity contribution in [2.75, 3.05) is 12.0 Å². The SMILES string of the molecule is NNc1ccc2cc(S(=O)(=O)NCC(N)=O)ccc2n1. The summed E-state index contributed by atoms with van der Waals surface area (Å²) in [5.41, 5.74) is 7.90. The maximum atomic E-state index is 11.9. The summed E-state index contributed by atoms with van der Waals surface area (Å²) in [6.07, 6.45) is 0. The number of amides is 1. The number of sulfonamides is 1. The molecule has 0 aliphatic rings. The molecule has 20 heavy (non-hydrogen) atoms. The molecular formula is C11H13N5O3S. The number of nitrogen functional groups attached to an aromatic ring is 1. The minimum atomic E-state index is -3.78. The lowest BCUT2D eigenvalue weighted by Gasteiger charge is -2.07. The molecule has 0 aliphatic carbocycles. The van der Waals surface area contributed by atoms with Gasteiger partial charge in [-0.2, -0.15) is 0 Å². The van der Waals surface area contributed by atoms with Crippen LogP contribution in [0, 0.1) is 0 Å². The summed E-state index contributed by atoms with van der Waals surface area (Å²) >= 11 is 0. The van der Waals surface area contributed by atoms with Crippen LogP contribution < -0.4 is 21.7 Å². The second-order valence-electron chi connectivity index (χ2n) is 3.99. The van der Waals surface area contributed by atoms with Crippen molar-refractivity contribution in [1.29, 1.82) is 0 Å². The number of nitrogens with two attached hydrogens (primary N) is 2. The second kappa shape index (κ2) is 5.41. The molecule has 0 radical (unpaired) electrons. The third-order valence-electron chi connectivity index (χ3n) is 2.56. The van der Waals surface area contributed by atoms with E-state index in [-0.39, 0.29) is 4.90 Å². The maximum absolute atomic E-state index is 11.9. The molecular weight excluding hydrogens is 282 g/mol. The Kier molecular flexibility index (Phi) is 3.84. The molecule has 1 aromatic heterocycles. The molecule has 0 atom stereocenters. The van der Waals surface area contributed by atoms with Gasteiger partial charge in [-0.3, -0.25) is 4.79 Å². The third-order valence-corrected chi connectivity index (χ3v) is 3.95. The highest BCUT2D eigenvalue weighted by Crippen LogP contribution is 2.19. The fourth-order valence-corrected chi connectivity index (χ4v) is 2.63. The number of fused-ring (bicyclic) bond motifs is 1. The summed E-state index contributed by atoms with van der Waals surface area (Å²) in [4.78, 5) is 14.8. The summed E-state index contributed by atoms with van der Waals surface area (Å²) in [5.74, 6) is 4.96. The summed E-state index contributed by atoms with van der Waals surface area (Å²) in [7, 11) is -3.78. The van der Waals surface area contributed by atoms with Gasteiger partial charge in [0.25, 0.3) is 0 Å². The minimum absolute atomic E-state index is 0.0292. The van der Waals surface area contributed by atoms with E-state index in [1.807, 2.05) is 0 Å². The monoisotopic (exact) mass is 295 g/mol. The van der Waals surface area contributed by atoms with Crippen molar-refractivity contribution in [3.8, 4) is 0 Å². The van der Waals surface area contributed by atoms with Crippen LogP contribution in [0.2, 0.25) is 0 Å². The van der Waals surface area contributed by atoms with Crippen molar-refractivity contribution in [2.45, 2.75) is 4.90 Å². The smallest absolute Gasteiger partial charge is 0.241 e. The number of nitrogens with one attached hydrogen (secondary N) is 2. The zero-order chi connectivity index (χ0) is 14.8. The van der Waals surface area contributed by atoms with Crippen LogP contribution in [0.1, 0.15) is 0 Å². The molecule has 1 heterocycles. The van der Waals surface area contributed by atoms with Gasteiger partial charge in [-0.25, -0.2) is 24.0 Å². The fraction of sp³-hybridized carbons (Fsp3) is 0.0909. The predicted molar refractivity (Wildman–Crippen MR) is 73.9 cm³/mol. The zero-order valence-corrected chi connectivity index (χ0v) is 11.1. The molecule has 0 aliphatic heterocycles. The minimum Gasteiger partial charge on any atom is -0.369 e. The number of primary amides is 1. The van der Waals surface area contributed by atoms with Crippen molar-refractivity contribution in [1.82, 2.24) is 9.71 Å². The topological polar surface area (TPSA) is 140 Å². The Morgan fingerprint density at radius 3 is 2.65 bits per heavy atom. The number of nitrogens with zero attached hydrogens (tertiary/aromatic N) is 1. The number of aromatic nitrogens is 1. The van der Waals surface area contributed by atoms with Gasteiger partial charge in [0.2, 0.25) is 15.9 Å². The van der Waals surface area contributed by atoms with Gasteiger partial charge in [-0.1, -0.05) is 0 Å². The highest BCUT2D eigenvalue weighted by molar-refractivity contribution is 7.89. The molecule has 9 heteroatoms. The van der Waals surface area contributed by atoms with Crippen molar-refractivity contribution in [3.05, 3.63) is 30.3 Å². The first-order chi connectivity index (χ1) is 9.42. The summed E-state index contributed by atoms with van der Waals surface area (Å²) in [6, 6.07) is 7.69. The summed E-state index contributed by atoms with van der Waals surface area (Å²) in [6.45, 7) is -0.450. The van der Waals surface area contributed by atoms with Crippen LogP contribution in [0.4, 0.5) is 5.82 Å². The Bertz CT molecular complexity index is 760. The molecule has 2 aromatic rings. The van der Waals surface area contributed by atoms with E-state index in [0.29, 0.717) is 16.7 Å². The van der Waals surface area contributed by atoms with E-state index in [1.54, 1.807) is 18.2 Å². The molecule has 106 valence electrons. The average molecular weight is 295 g/mol. The molecule has 0 saturated heterocycles. The number of pyridine rings is 1. The first-order valence-corrected chi connectivity index (χ1v) is 7.06. The molecule has 0 saturated carbocycles. The molecule has 0 bridgehead atoms. The van der Waals surface area contributed by atoms with Crippen LogP contribution in [0.5, 0.6) is 0 Å². The van der Waals surface area contributed by atoms with E-state index < -0.39 is 22.5 Å². The maximum Gasteiger partial charge on any atom is 0.241 e. The van der Waals surface area contributed by atoms with Gasteiger partial charge in [0.05, 0.1) is 17.0 Å². The molecule has 0 spiro atoms. The van der Waals surface area contributed by atoms with E-state index in [2.05, 4.69) is 15.1 Å². The Morgan fingerprint density at radius 1 is 1.25 bits per heavy atom. The summed E-state index contributed by atoms with van der Waals surface area (Å²) in [5, 5.41) is 0.631. The van der Waals surface area contributed by atoms with Crippen molar-refractivity contribution < 1.29 is 13.2 Å². The average Bonchev–Trinajstić information content (AvgIpc) is 2.44. The number of carbonyl (C=O) groups is 1. The van der Waals surface area contributed by atoms with Crippen LogP contribution >= 0.6 is 0 Å². The van der Waals surface area contributed by atoms with Crippen molar-refractivity contribution in [3.63, 3.8) is 0 Å². The molecule has 0 unspecified atom stereocenters. The molecule has 1 amide bonds. The van der Waals surface area contributed by atoms with Gasteiger partial charge in [0.15, 0.2) is 0 Å². The molecule has 8 nitrogen and oxygen atoms in total. The first kappa shape index (κ1) is 14.2. The predicted octanol–water partition coefficient (Wildman–Crippen LogP) is -0.716. The number of carbonyl (C=O) groups excluding carboxylic acids is 1. The van der Waals surface area contributed by atoms with Crippen LogP contribution in [0.3, 0.4) is 0 Å². The zero-order valence-electron chi connectivity index (χ0n) is 10.3. The summed E-state index contributed by atoms with van der Waals surface area (Å²) < 4.78 is 26.0. The van der Waals surface area contributed by atoms with E-state index >= 15 is 0 Å². The normalized spacial score (nSPS) is 11.4. The highest BCUT2D eigenvalue weighted by atomic mass is 32.2. The Balaban J connectivity index is 2.38. The quantitative estimate of drug-likeness (QED) is 0.424. The van der Waals surface area contributed by atoms with Crippen LogP contribution in [-0.2, 0) is 14.8 Å². The van der Waals surface area contributed by atoms with E-state index in [4.69, 9.17) is 11.6 Å². The Hall–Kier alpha value is -2.23. The number of anilines is 1. The highest BCUT2D eigenvalue weighted by Gasteiger charge is 2.15. The first-order valence-electron chi connectivity index (χ1n) is 5.58.